The van der Waals surface area contributed by atoms with Crippen LogP contribution in [0.2, 0.25) is 0 Å². The minimum atomic E-state index is -0.00682. The number of carbonyl (C=O) groups is 2. The van der Waals surface area contributed by atoms with Crippen LogP contribution >= 0.6 is 0 Å². The number of nitrogens with zero attached hydrogens (tertiary/aromatic N) is 1. The number of rotatable bonds is 6. The van der Waals surface area contributed by atoms with Crippen molar-refractivity contribution in [2.75, 3.05) is 26.2 Å². The van der Waals surface area contributed by atoms with E-state index in [1.807, 2.05) is 43.9 Å². The predicted octanol–water partition coefficient (Wildman–Crippen LogP) is 2.71. The van der Waals surface area contributed by atoms with Crippen molar-refractivity contribution < 1.29 is 14.3 Å². The van der Waals surface area contributed by atoms with Crippen molar-refractivity contribution in [3.05, 3.63) is 29.8 Å². The number of hydrogen-bond acceptors (Lipinski definition) is 3. The average molecular weight is 332 g/mol. The molecule has 2 rings (SSSR count). The van der Waals surface area contributed by atoms with Crippen molar-refractivity contribution in [1.82, 2.24) is 10.2 Å². The molecule has 1 aromatic carbocycles. The zero-order valence-corrected chi connectivity index (χ0v) is 14.9. The van der Waals surface area contributed by atoms with E-state index in [-0.39, 0.29) is 17.7 Å². The van der Waals surface area contributed by atoms with Crippen LogP contribution in [0.1, 0.15) is 44.0 Å². The molecule has 1 aliphatic rings. The lowest BCUT2D eigenvalue weighted by Gasteiger charge is -2.33. The fourth-order valence-corrected chi connectivity index (χ4v) is 2.93. The van der Waals surface area contributed by atoms with Crippen LogP contribution in [0.5, 0.6) is 5.75 Å². The molecule has 24 heavy (non-hydrogen) atoms. The minimum Gasteiger partial charge on any atom is -0.494 e. The minimum absolute atomic E-state index is 0.00682. The summed E-state index contributed by atoms with van der Waals surface area (Å²) in [7, 11) is 0. The SMILES string of the molecule is CCOc1cccc(C(=O)N2CCC[C@H](CNC(=O)C(C)C)C2)c1. The molecule has 1 aliphatic heterocycles. The predicted molar refractivity (Wildman–Crippen MR) is 94.1 cm³/mol. The summed E-state index contributed by atoms with van der Waals surface area (Å²) in [4.78, 5) is 26.3. The molecule has 0 aromatic heterocycles. The number of amides is 2. The highest BCUT2D eigenvalue weighted by molar-refractivity contribution is 5.94. The number of piperidine rings is 1. The summed E-state index contributed by atoms with van der Waals surface area (Å²) in [5, 5.41) is 2.98. The maximum Gasteiger partial charge on any atom is 0.253 e. The Labute approximate surface area is 144 Å². The molecule has 0 radical (unpaired) electrons. The Morgan fingerprint density at radius 3 is 2.88 bits per heavy atom. The van der Waals surface area contributed by atoms with Crippen molar-refractivity contribution in [2.24, 2.45) is 11.8 Å². The van der Waals surface area contributed by atoms with E-state index < -0.39 is 0 Å². The summed E-state index contributed by atoms with van der Waals surface area (Å²) >= 11 is 0. The summed E-state index contributed by atoms with van der Waals surface area (Å²) < 4.78 is 5.47. The summed E-state index contributed by atoms with van der Waals surface area (Å²) in [6, 6.07) is 7.34. The summed E-state index contributed by atoms with van der Waals surface area (Å²) in [5.41, 5.74) is 0.660. The highest BCUT2D eigenvalue weighted by Crippen LogP contribution is 2.20. The molecule has 1 heterocycles. The van der Waals surface area contributed by atoms with E-state index in [1.54, 1.807) is 6.07 Å². The highest BCUT2D eigenvalue weighted by Gasteiger charge is 2.25. The topological polar surface area (TPSA) is 58.6 Å². The third-order valence-electron chi connectivity index (χ3n) is 4.29. The lowest BCUT2D eigenvalue weighted by Crippen LogP contribution is -2.44. The van der Waals surface area contributed by atoms with Gasteiger partial charge in [0.05, 0.1) is 6.61 Å². The molecule has 1 fully saturated rings. The van der Waals surface area contributed by atoms with Gasteiger partial charge in [0.1, 0.15) is 5.75 Å². The number of likely N-dealkylation sites (tertiary alicyclic amines) is 1. The van der Waals surface area contributed by atoms with Crippen LogP contribution in [0.4, 0.5) is 0 Å². The summed E-state index contributed by atoms with van der Waals surface area (Å²) in [6.07, 6.45) is 2.01. The quantitative estimate of drug-likeness (QED) is 0.871. The molecule has 132 valence electrons. The third kappa shape index (κ3) is 4.98. The zero-order valence-electron chi connectivity index (χ0n) is 14.9. The molecular weight excluding hydrogens is 304 g/mol. The van der Waals surface area contributed by atoms with Gasteiger partial charge < -0.3 is 15.0 Å². The normalized spacial score (nSPS) is 17.7. The fraction of sp³-hybridized carbons (Fsp3) is 0.579. The van der Waals surface area contributed by atoms with Crippen molar-refractivity contribution in [3.8, 4) is 5.75 Å². The Morgan fingerprint density at radius 1 is 1.38 bits per heavy atom. The van der Waals surface area contributed by atoms with Gasteiger partial charge in [0.15, 0.2) is 0 Å². The van der Waals surface area contributed by atoms with Crippen LogP contribution in [-0.4, -0.2) is 43.0 Å². The number of carbonyl (C=O) groups excluding carboxylic acids is 2. The zero-order chi connectivity index (χ0) is 17.5. The maximum absolute atomic E-state index is 12.7. The Kier molecular flexibility index (Phi) is 6.64. The van der Waals surface area contributed by atoms with Crippen LogP contribution in [0, 0.1) is 11.8 Å². The van der Waals surface area contributed by atoms with E-state index in [1.165, 1.54) is 0 Å². The number of ether oxygens (including phenoxy) is 1. The molecule has 1 atom stereocenters. The van der Waals surface area contributed by atoms with Crippen LogP contribution in [0.3, 0.4) is 0 Å². The van der Waals surface area contributed by atoms with Crippen molar-refractivity contribution in [1.29, 1.82) is 0 Å². The number of nitrogens with one attached hydrogen (secondary N) is 1. The molecule has 0 bridgehead atoms. The monoisotopic (exact) mass is 332 g/mol. The molecular formula is C19H28N2O3. The summed E-state index contributed by atoms with van der Waals surface area (Å²) in [6.45, 7) is 8.38. The fourth-order valence-electron chi connectivity index (χ4n) is 2.93. The lowest BCUT2D eigenvalue weighted by molar-refractivity contribution is -0.124. The first-order chi connectivity index (χ1) is 11.5. The Morgan fingerprint density at radius 2 is 2.17 bits per heavy atom. The third-order valence-corrected chi connectivity index (χ3v) is 4.29. The molecule has 0 aliphatic carbocycles. The second kappa shape index (κ2) is 8.71. The molecule has 2 amide bonds. The van der Waals surface area contributed by atoms with Crippen LogP contribution in [-0.2, 0) is 4.79 Å². The van der Waals surface area contributed by atoms with Gasteiger partial charge in [-0.1, -0.05) is 19.9 Å². The van der Waals surface area contributed by atoms with Gasteiger partial charge in [-0.15, -0.1) is 0 Å². The molecule has 0 spiro atoms. The largest absolute Gasteiger partial charge is 0.494 e. The lowest BCUT2D eigenvalue weighted by atomic mass is 9.97. The molecule has 0 unspecified atom stereocenters. The standard InChI is InChI=1S/C19H28N2O3/c1-4-24-17-9-5-8-16(11-17)19(23)21-10-6-7-15(13-21)12-20-18(22)14(2)3/h5,8-9,11,14-15H,4,6-7,10,12-13H2,1-3H3,(H,20,22)/t15-/m1/s1. The first kappa shape index (κ1) is 18.3. The maximum atomic E-state index is 12.7. The first-order valence-corrected chi connectivity index (χ1v) is 8.81. The molecule has 5 heteroatoms. The van der Waals surface area contributed by atoms with Crippen LogP contribution in [0.25, 0.3) is 0 Å². The van der Waals surface area contributed by atoms with Crippen molar-refractivity contribution in [3.63, 3.8) is 0 Å². The number of benzene rings is 1. The van der Waals surface area contributed by atoms with E-state index in [4.69, 9.17) is 4.74 Å². The van der Waals surface area contributed by atoms with E-state index >= 15 is 0 Å². The average Bonchev–Trinajstić information content (AvgIpc) is 2.59. The smallest absolute Gasteiger partial charge is 0.253 e. The van der Waals surface area contributed by atoms with Crippen LogP contribution in [0.15, 0.2) is 24.3 Å². The second-order valence-corrected chi connectivity index (χ2v) is 6.62. The van der Waals surface area contributed by atoms with Gasteiger partial charge in [0, 0.05) is 31.1 Å². The first-order valence-electron chi connectivity index (χ1n) is 8.81. The van der Waals surface area contributed by atoms with Gasteiger partial charge in [0.2, 0.25) is 5.91 Å². The van der Waals surface area contributed by atoms with Gasteiger partial charge in [-0.2, -0.15) is 0 Å². The molecule has 1 N–H and O–H groups in total. The van der Waals surface area contributed by atoms with Gasteiger partial charge in [-0.3, -0.25) is 9.59 Å². The van der Waals surface area contributed by atoms with Gasteiger partial charge in [-0.25, -0.2) is 0 Å². The van der Waals surface area contributed by atoms with Gasteiger partial charge in [-0.05, 0) is 43.9 Å². The Bertz CT molecular complexity index is 571. The van der Waals surface area contributed by atoms with Gasteiger partial charge in [0.25, 0.3) is 5.91 Å². The highest BCUT2D eigenvalue weighted by atomic mass is 16.5. The van der Waals surface area contributed by atoms with E-state index in [9.17, 15) is 9.59 Å². The molecule has 1 aromatic rings. The van der Waals surface area contributed by atoms with E-state index in [0.29, 0.717) is 31.2 Å². The Hall–Kier alpha value is -2.04. The number of hydrogen-bond donors (Lipinski definition) is 1. The van der Waals surface area contributed by atoms with Crippen LogP contribution < -0.4 is 10.1 Å². The molecule has 0 saturated carbocycles. The Balaban J connectivity index is 1.94. The van der Waals surface area contributed by atoms with Gasteiger partial charge >= 0.3 is 0 Å². The van der Waals surface area contributed by atoms with E-state index in [0.717, 1.165) is 25.1 Å². The molecule has 5 nitrogen and oxygen atoms in total. The van der Waals surface area contributed by atoms with Crippen molar-refractivity contribution in [2.45, 2.75) is 33.6 Å². The molecule has 1 saturated heterocycles. The second-order valence-electron chi connectivity index (χ2n) is 6.62. The van der Waals surface area contributed by atoms with Crippen molar-refractivity contribution >= 4 is 11.8 Å². The van der Waals surface area contributed by atoms with E-state index in [2.05, 4.69) is 5.32 Å². The summed E-state index contributed by atoms with van der Waals surface area (Å²) in [5.74, 6) is 1.15.